The molecule has 0 radical (unpaired) electrons. The Kier molecular flexibility index (Phi) is 12.3. The first-order chi connectivity index (χ1) is 26.8. The fraction of sp³-hybridized carbons (Fsp3) is 0.409. The quantitative estimate of drug-likeness (QED) is 0.0588. The maximum atomic E-state index is 13.9. The number of aliphatic hydroxyl groups excluding tert-OH is 1. The number of hydrogen-bond donors (Lipinski definition) is 7. The first-order valence-corrected chi connectivity index (χ1v) is 19.4. The number of esters is 1. The van der Waals surface area contributed by atoms with E-state index in [9.17, 15) is 24.9 Å². The number of aromatic hydroxyl groups is 2. The molecule has 0 fully saturated rings. The molecule has 2 aromatic carbocycles. The Morgan fingerprint density at radius 2 is 2.00 bits per heavy atom. The molecular formula is C44H54N4O8. The van der Waals surface area contributed by atoms with Crippen LogP contribution in [0.3, 0.4) is 0 Å². The highest BCUT2D eigenvalue weighted by molar-refractivity contribution is 5.92. The van der Waals surface area contributed by atoms with Crippen molar-refractivity contribution in [3.8, 4) is 17.2 Å². The number of nitrogens with two attached hydrogens (primary N) is 2. The van der Waals surface area contributed by atoms with Crippen molar-refractivity contribution in [3.05, 3.63) is 122 Å². The molecule has 0 amide bonds. The summed E-state index contributed by atoms with van der Waals surface area (Å²) in [4.78, 5) is 27.4. The summed E-state index contributed by atoms with van der Waals surface area (Å²) in [6.45, 7) is 7.40. The van der Waals surface area contributed by atoms with Crippen LogP contribution in [0.1, 0.15) is 88.2 Å². The van der Waals surface area contributed by atoms with E-state index in [1.807, 2.05) is 43.5 Å². The highest BCUT2D eigenvalue weighted by atomic mass is 16.6. The standard InChI is InChI=1S/C44H54N4O8/c1-5-7-8-11-28(29-13-14-36(45)48-23-29)22-44(4)35(55-43(53)25(3)6-2)21-33-40(52)39-34(51)20-31(24-49)54-42(39)38(41(33)56-44)32(27-15-16-47-37(46)19-27)18-26-10-9-12-30(50)17-26/h6,9-10,12-15,17,19-20,23,28,32,35-36,47-50,52H,5,7-8,11,16,18,21-22,24,45-46H2,1-4H3/b25-6-/t28-,32-,35-,36?,44+/m1/s1. The van der Waals surface area contributed by atoms with Gasteiger partial charge in [-0.25, -0.2) is 4.79 Å². The number of fused-ring (bicyclic) bond motifs is 2. The van der Waals surface area contributed by atoms with Crippen LogP contribution in [0.25, 0.3) is 11.0 Å². The van der Waals surface area contributed by atoms with Crippen LogP contribution in [-0.4, -0.2) is 45.7 Å². The predicted octanol–water partition coefficient (Wildman–Crippen LogP) is 5.84. The molecule has 3 aromatic rings. The third-order valence-corrected chi connectivity index (χ3v) is 11.1. The number of dihydropyridines is 2. The maximum Gasteiger partial charge on any atom is 0.333 e. The van der Waals surface area contributed by atoms with E-state index in [-0.39, 0.29) is 46.7 Å². The van der Waals surface area contributed by atoms with Crippen LogP contribution in [0.2, 0.25) is 0 Å². The molecule has 5 atom stereocenters. The topological polar surface area (TPSA) is 203 Å². The van der Waals surface area contributed by atoms with Crippen molar-refractivity contribution in [3.63, 3.8) is 0 Å². The molecule has 0 saturated carbocycles. The molecule has 12 nitrogen and oxygen atoms in total. The fourth-order valence-electron chi connectivity index (χ4n) is 7.97. The molecule has 1 aromatic heterocycles. The van der Waals surface area contributed by atoms with E-state index < -0.39 is 35.6 Å². The van der Waals surface area contributed by atoms with Gasteiger partial charge in [0, 0.05) is 47.8 Å². The van der Waals surface area contributed by atoms with Gasteiger partial charge in [-0.1, -0.05) is 56.5 Å². The van der Waals surface area contributed by atoms with Gasteiger partial charge in [-0.2, -0.15) is 0 Å². The lowest BCUT2D eigenvalue weighted by molar-refractivity contribution is -0.159. The van der Waals surface area contributed by atoms with Crippen LogP contribution >= 0.6 is 0 Å². The minimum atomic E-state index is -1.17. The molecule has 56 heavy (non-hydrogen) atoms. The van der Waals surface area contributed by atoms with Gasteiger partial charge in [0.2, 0.25) is 0 Å². The Hall–Kier alpha value is -5.46. The highest BCUT2D eigenvalue weighted by Gasteiger charge is 2.48. The summed E-state index contributed by atoms with van der Waals surface area (Å²) in [5.41, 5.74) is 14.6. The van der Waals surface area contributed by atoms with Crippen molar-refractivity contribution in [2.45, 2.75) is 103 Å². The number of unbranched alkanes of at least 4 members (excludes halogenated alkanes) is 2. The minimum Gasteiger partial charge on any atom is -0.508 e. The van der Waals surface area contributed by atoms with E-state index in [1.54, 1.807) is 38.1 Å². The van der Waals surface area contributed by atoms with Crippen LogP contribution in [0.4, 0.5) is 0 Å². The predicted molar refractivity (Wildman–Crippen MR) is 216 cm³/mol. The number of aliphatic hydroxyl groups is 1. The molecule has 3 aliphatic heterocycles. The lowest BCUT2D eigenvalue weighted by Crippen LogP contribution is -2.53. The van der Waals surface area contributed by atoms with Crippen LogP contribution < -0.4 is 32.3 Å². The Balaban J connectivity index is 1.61. The van der Waals surface area contributed by atoms with Crippen molar-refractivity contribution < 1.29 is 34.0 Å². The minimum absolute atomic E-state index is 0.0125. The summed E-state index contributed by atoms with van der Waals surface area (Å²) in [5, 5.41) is 39.1. The monoisotopic (exact) mass is 766 g/mol. The molecule has 0 spiro atoms. The lowest BCUT2D eigenvalue weighted by Gasteiger charge is -2.45. The number of carbonyl (C=O) groups is 1. The van der Waals surface area contributed by atoms with E-state index in [2.05, 4.69) is 17.6 Å². The van der Waals surface area contributed by atoms with Gasteiger partial charge in [0.15, 0.2) is 5.43 Å². The Bertz CT molecular complexity index is 2180. The average Bonchev–Trinajstić information content (AvgIpc) is 3.17. The largest absolute Gasteiger partial charge is 0.508 e. The third-order valence-electron chi connectivity index (χ3n) is 11.1. The molecule has 4 heterocycles. The molecule has 0 saturated heterocycles. The Morgan fingerprint density at radius 1 is 1.20 bits per heavy atom. The van der Waals surface area contributed by atoms with Crippen molar-refractivity contribution in [1.29, 1.82) is 0 Å². The number of ether oxygens (including phenoxy) is 2. The number of nitrogens with one attached hydrogen (secondary N) is 2. The van der Waals surface area contributed by atoms with Crippen molar-refractivity contribution in [1.82, 2.24) is 10.6 Å². The number of rotatable bonds is 14. The van der Waals surface area contributed by atoms with E-state index in [0.717, 1.165) is 48.5 Å². The van der Waals surface area contributed by atoms with Crippen molar-refractivity contribution in [2.24, 2.45) is 17.4 Å². The van der Waals surface area contributed by atoms with Gasteiger partial charge in [-0.05, 0) is 86.9 Å². The number of phenols is 2. The maximum absolute atomic E-state index is 13.9. The molecule has 6 rings (SSSR count). The van der Waals surface area contributed by atoms with Gasteiger partial charge in [0.1, 0.15) is 52.3 Å². The first-order valence-electron chi connectivity index (χ1n) is 19.4. The van der Waals surface area contributed by atoms with Gasteiger partial charge in [-0.15, -0.1) is 0 Å². The van der Waals surface area contributed by atoms with Crippen molar-refractivity contribution in [2.75, 3.05) is 6.54 Å². The second-order valence-electron chi connectivity index (χ2n) is 15.2. The summed E-state index contributed by atoms with van der Waals surface area (Å²) in [5.74, 6) is -0.657. The zero-order chi connectivity index (χ0) is 40.1. The summed E-state index contributed by atoms with van der Waals surface area (Å²) in [7, 11) is 0. The summed E-state index contributed by atoms with van der Waals surface area (Å²) in [6, 6.07) is 8.07. The van der Waals surface area contributed by atoms with Crippen molar-refractivity contribution >= 4 is 16.9 Å². The number of allylic oxidation sites excluding steroid dienone is 5. The normalized spacial score (nSPS) is 21.8. The van der Waals surface area contributed by atoms with Crippen LogP contribution in [0, 0.1) is 5.92 Å². The molecular weight excluding hydrogens is 713 g/mol. The third kappa shape index (κ3) is 8.51. The Morgan fingerprint density at radius 3 is 2.68 bits per heavy atom. The highest BCUT2D eigenvalue weighted by Crippen LogP contribution is 2.52. The molecule has 12 heteroatoms. The number of carbonyl (C=O) groups excluding carboxylic acids is 1. The summed E-state index contributed by atoms with van der Waals surface area (Å²) >= 11 is 0. The SMILES string of the molecule is C/C=C(/C)C(=O)O[C@@H]1Cc2c(c([C@H](Cc3cccc(O)c3)C3=CCNC(N)=C3)c3oc(CO)cc(=O)c3c2O)O[C@@]1(C)C[C@@H](CCCCC)C1=CNC(N)C=C1. The van der Waals surface area contributed by atoms with E-state index in [0.29, 0.717) is 47.7 Å². The molecule has 1 unspecified atom stereocenters. The van der Waals surface area contributed by atoms with E-state index in [1.165, 1.54) is 0 Å². The van der Waals surface area contributed by atoms with E-state index >= 15 is 0 Å². The smallest absolute Gasteiger partial charge is 0.333 e. The van der Waals surface area contributed by atoms with Gasteiger partial charge in [-0.3, -0.25) is 4.79 Å². The number of phenolic OH excluding ortho intramolecular Hbond substituents is 2. The van der Waals surface area contributed by atoms with Crippen LogP contribution in [0.5, 0.6) is 17.2 Å². The summed E-state index contributed by atoms with van der Waals surface area (Å²) < 4.78 is 19.9. The fourth-order valence-corrected chi connectivity index (χ4v) is 7.97. The van der Waals surface area contributed by atoms with Gasteiger partial charge < -0.3 is 51.3 Å². The average molecular weight is 767 g/mol. The lowest BCUT2D eigenvalue weighted by atomic mass is 9.75. The summed E-state index contributed by atoms with van der Waals surface area (Å²) in [6.07, 6.45) is 14.8. The molecule has 9 N–H and O–H groups in total. The Labute approximate surface area is 327 Å². The first kappa shape index (κ1) is 40.2. The molecule has 3 aliphatic rings. The van der Waals surface area contributed by atoms with Gasteiger partial charge >= 0.3 is 5.97 Å². The molecule has 0 aliphatic carbocycles. The zero-order valence-corrected chi connectivity index (χ0v) is 32.6. The van der Waals surface area contributed by atoms with E-state index in [4.69, 9.17) is 25.4 Å². The second-order valence-corrected chi connectivity index (χ2v) is 15.2. The van der Waals surface area contributed by atoms with Crippen LogP contribution in [-0.2, 0) is 29.0 Å². The second kappa shape index (κ2) is 17.1. The zero-order valence-electron chi connectivity index (χ0n) is 32.6. The molecule has 0 bridgehead atoms. The van der Waals surface area contributed by atoms with Gasteiger partial charge in [0.05, 0.1) is 12.0 Å². The number of benzene rings is 2. The molecule has 298 valence electrons. The van der Waals surface area contributed by atoms with Crippen LogP contribution in [0.15, 0.2) is 98.7 Å². The van der Waals surface area contributed by atoms with Gasteiger partial charge in [0.25, 0.3) is 0 Å². The number of hydrogen-bond acceptors (Lipinski definition) is 12.